The van der Waals surface area contributed by atoms with E-state index >= 15 is 0 Å². The molecule has 0 atom stereocenters. The zero-order valence-corrected chi connectivity index (χ0v) is 22.9. The molecule has 208 valence electrons. The first kappa shape index (κ1) is 27.3. The molecule has 1 aliphatic heterocycles. The monoisotopic (exact) mass is 543 g/mol. The van der Waals surface area contributed by atoms with Gasteiger partial charge in [-0.05, 0) is 80.7 Å². The Balaban J connectivity index is 1.24. The van der Waals surface area contributed by atoms with Gasteiger partial charge in [-0.15, -0.1) is 0 Å². The minimum absolute atomic E-state index is 0.271. The van der Waals surface area contributed by atoms with Crippen molar-refractivity contribution in [3.05, 3.63) is 83.9 Å². The summed E-state index contributed by atoms with van der Waals surface area (Å²) >= 11 is 0. The summed E-state index contributed by atoms with van der Waals surface area (Å²) in [5, 5.41) is 8.44. The smallest absolute Gasteiger partial charge is 0.162 e. The van der Waals surface area contributed by atoms with Gasteiger partial charge >= 0.3 is 0 Å². The van der Waals surface area contributed by atoms with E-state index in [-0.39, 0.29) is 12.4 Å². The quantitative estimate of drug-likeness (QED) is 0.127. The third kappa shape index (κ3) is 7.04. The number of likely N-dealkylation sites (tertiary alicyclic amines) is 1. The molecule has 9 heteroatoms. The van der Waals surface area contributed by atoms with Crippen molar-refractivity contribution >= 4 is 28.1 Å². The van der Waals surface area contributed by atoms with E-state index < -0.39 is 0 Å². The first-order valence-corrected chi connectivity index (χ1v) is 13.6. The molecule has 0 unspecified atom stereocenters. The van der Waals surface area contributed by atoms with Crippen LogP contribution in [0.15, 0.2) is 72.1 Å². The highest BCUT2D eigenvalue weighted by Crippen LogP contribution is 2.35. The Labute approximate surface area is 233 Å². The first-order valence-electron chi connectivity index (χ1n) is 13.6. The van der Waals surface area contributed by atoms with Crippen molar-refractivity contribution in [3.63, 3.8) is 0 Å². The number of anilines is 2. The molecule has 0 saturated carbocycles. The number of nitrogens with zero attached hydrogens (tertiary/aromatic N) is 4. The third-order valence-electron chi connectivity index (χ3n) is 6.91. The maximum absolute atomic E-state index is 13.1. The van der Waals surface area contributed by atoms with Crippen molar-refractivity contribution in [3.8, 4) is 11.5 Å². The van der Waals surface area contributed by atoms with Gasteiger partial charge in [0.1, 0.15) is 24.6 Å². The number of fused-ring (bicyclic) bond motifs is 1. The molecule has 1 aliphatic rings. The summed E-state index contributed by atoms with van der Waals surface area (Å²) in [6.45, 7) is 6.18. The van der Waals surface area contributed by atoms with E-state index in [4.69, 9.17) is 14.3 Å². The van der Waals surface area contributed by atoms with Gasteiger partial charge in [0.2, 0.25) is 0 Å². The summed E-state index contributed by atoms with van der Waals surface area (Å²) in [5.41, 5.74) is 4.14. The highest BCUT2D eigenvalue weighted by molar-refractivity contribution is 5.99. The lowest BCUT2D eigenvalue weighted by molar-refractivity contribution is 0.130. The van der Waals surface area contributed by atoms with Crippen LogP contribution in [0, 0.1) is 5.82 Å². The first-order chi connectivity index (χ1) is 19.6. The second-order valence-electron chi connectivity index (χ2n) is 9.77. The minimum Gasteiger partial charge on any atom is -0.493 e. The van der Waals surface area contributed by atoms with Gasteiger partial charge in [0, 0.05) is 23.7 Å². The van der Waals surface area contributed by atoms with Crippen LogP contribution >= 0.6 is 0 Å². The van der Waals surface area contributed by atoms with Gasteiger partial charge in [0.05, 0.1) is 24.9 Å². The minimum atomic E-state index is -0.274. The fourth-order valence-electron chi connectivity index (χ4n) is 4.68. The van der Waals surface area contributed by atoms with Crippen LogP contribution in [0.3, 0.4) is 0 Å². The summed E-state index contributed by atoms with van der Waals surface area (Å²) < 4.78 is 24.8. The normalized spacial score (nSPS) is 13.9. The number of hydrogen-bond acceptors (Lipinski definition) is 8. The fraction of sp³-hybridized carbons (Fsp3) is 0.323. The molecule has 1 aromatic heterocycles. The topological polar surface area (TPSA) is 81.1 Å². The summed E-state index contributed by atoms with van der Waals surface area (Å²) in [5.74, 6) is 1.73. The molecule has 40 heavy (non-hydrogen) atoms. The molecular formula is C31H34FN5O3. The molecular weight excluding hydrogens is 509 g/mol. The van der Waals surface area contributed by atoms with Gasteiger partial charge in [-0.3, -0.25) is 0 Å². The number of ether oxygens (including phenoxy) is 2. The molecule has 5 rings (SSSR count). The van der Waals surface area contributed by atoms with E-state index in [1.165, 1.54) is 44.4 Å². The van der Waals surface area contributed by atoms with Crippen molar-refractivity contribution in [1.82, 2.24) is 14.9 Å². The summed E-state index contributed by atoms with van der Waals surface area (Å²) in [4.78, 5) is 16.9. The third-order valence-corrected chi connectivity index (χ3v) is 6.91. The Morgan fingerprint density at radius 1 is 1.00 bits per heavy atom. The Hall–Kier alpha value is -4.24. The molecule has 0 amide bonds. The van der Waals surface area contributed by atoms with Crippen molar-refractivity contribution < 1.29 is 18.7 Å². The van der Waals surface area contributed by atoms with E-state index in [0.717, 1.165) is 46.4 Å². The van der Waals surface area contributed by atoms with Crippen LogP contribution in [0.25, 0.3) is 10.9 Å². The van der Waals surface area contributed by atoms with Crippen LogP contribution in [-0.2, 0) is 11.4 Å². The van der Waals surface area contributed by atoms with Crippen LogP contribution in [-0.4, -0.2) is 53.9 Å². The Morgan fingerprint density at radius 2 is 1.77 bits per heavy atom. The number of aromatic nitrogens is 2. The van der Waals surface area contributed by atoms with Crippen LogP contribution in [0.4, 0.5) is 15.9 Å². The van der Waals surface area contributed by atoms with Gasteiger partial charge in [0.15, 0.2) is 11.5 Å². The number of oxime groups is 1. The van der Waals surface area contributed by atoms with Gasteiger partial charge in [0.25, 0.3) is 0 Å². The lowest BCUT2D eigenvalue weighted by atomic mass is 10.1. The second-order valence-corrected chi connectivity index (χ2v) is 9.77. The number of rotatable bonds is 12. The van der Waals surface area contributed by atoms with E-state index in [1.807, 2.05) is 43.3 Å². The van der Waals surface area contributed by atoms with E-state index in [1.54, 1.807) is 19.2 Å². The van der Waals surface area contributed by atoms with Crippen molar-refractivity contribution in [2.24, 2.45) is 5.16 Å². The Kier molecular flexibility index (Phi) is 9.03. The van der Waals surface area contributed by atoms with Crippen LogP contribution in [0.2, 0.25) is 0 Å². The van der Waals surface area contributed by atoms with Gasteiger partial charge < -0.3 is 24.5 Å². The van der Waals surface area contributed by atoms with Crippen molar-refractivity contribution in [2.75, 3.05) is 38.7 Å². The second kappa shape index (κ2) is 13.2. The summed E-state index contributed by atoms with van der Waals surface area (Å²) in [6.07, 6.45) is 5.07. The molecule has 0 aliphatic carbocycles. The number of halogens is 1. The van der Waals surface area contributed by atoms with Crippen LogP contribution in [0.1, 0.15) is 37.3 Å². The molecule has 1 N–H and O–H groups in total. The largest absolute Gasteiger partial charge is 0.493 e. The number of hydrogen-bond donors (Lipinski definition) is 1. The average molecular weight is 544 g/mol. The standard InChI is InChI=1S/C31H34FN5O3/c1-22(36-40-20-23-6-10-25(32)11-7-23)24-8-12-26(13-9-24)35-31-27-18-30(29(38-2)19-28(27)33-21-34-31)39-17-5-16-37-14-3-4-15-37/h6-13,18-19,21H,3-5,14-17,20H2,1-2H3,(H,33,34,35)/b36-22+. The maximum atomic E-state index is 13.1. The summed E-state index contributed by atoms with van der Waals surface area (Å²) in [6, 6.07) is 17.8. The molecule has 8 nitrogen and oxygen atoms in total. The zero-order valence-electron chi connectivity index (χ0n) is 22.9. The molecule has 1 fully saturated rings. The molecule has 0 radical (unpaired) electrons. The Morgan fingerprint density at radius 3 is 2.52 bits per heavy atom. The predicted octanol–water partition coefficient (Wildman–Crippen LogP) is 6.33. The summed E-state index contributed by atoms with van der Waals surface area (Å²) in [7, 11) is 1.64. The van der Waals surface area contributed by atoms with Crippen molar-refractivity contribution in [1.29, 1.82) is 0 Å². The maximum Gasteiger partial charge on any atom is 0.162 e. The van der Waals surface area contributed by atoms with E-state index in [0.29, 0.717) is 23.9 Å². The molecule has 0 spiro atoms. The van der Waals surface area contributed by atoms with Gasteiger partial charge in [-0.1, -0.05) is 29.4 Å². The van der Waals surface area contributed by atoms with Crippen LogP contribution < -0.4 is 14.8 Å². The lowest BCUT2D eigenvalue weighted by Crippen LogP contribution is -2.21. The Bertz CT molecular complexity index is 1440. The lowest BCUT2D eigenvalue weighted by Gasteiger charge is -2.16. The molecule has 4 aromatic rings. The van der Waals surface area contributed by atoms with E-state index in [2.05, 4.69) is 25.3 Å². The van der Waals surface area contributed by atoms with Gasteiger partial charge in [-0.25, -0.2) is 14.4 Å². The van der Waals surface area contributed by atoms with E-state index in [9.17, 15) is 4.39 Å². The average Bonchev–Trinajstić information content (AvgIpc) is 3.50. The molecule has 2 heterocycles. The van der Waals surface area contributed by atoms with Gasteiger partial charge in [-0.2, -0.15) is 0 Å². The van der Waals surface area contributed by atoms with Crippen LogP contribution in [0.5, 0.6) is 11.5 Å². The fourth-order valence-corrected chi connectivity index (χ4v) is 4.68. The number of nitrogens with one attached hydrogen (secondary N) is 1. The molecule has 3 aromatic carbocycles. The highest BCUT2D eigenvalue weighted by Gasteiger charge is 2.14. The predicted molar refractivity (Wildman–Crippen MR) is 155 cm³/mol. The molecule has 0 bridgehead atoms. The van der Waals surface area contributed by atoms with Crippen molar-refractivity contribution in [2.45, 2.75) is 32.8 Å². The number of methoxy groups -OCH3 is 1. The SMILES string of the molecule is COc1cc2ncnc(Nc3ccc(/C(C)=N/OCc4ccc(F)cc4)cc3)c2cc1OCCCN1CCCC1. The zero-order chi connectivity index (χ0) is 27.7. The number of benzene rings is 3. The molecule has 1 saturated heterocycles. The highest BCUT2D eigenvalue weighted by atomic mass is 19.1.